The zero-order valence-electron chi connectivity index (χ0n) is 20.7. The van der Waals surface area contributed by atoms with Crippen LogP contribution in [0.25, 0.3) is 21.9 Å². The van der Waals surface area contributed by atoms with E-state index in [-0.39, 0.29) is 29.8 Å². The number of piperidine rings is 1. The molecule has 1 aliphatic heterocycles. The minimum atomic E-state index is -0.584. The third kappa shape index (κ3) is 3.79. The van der Waals surface area contributed by atoms with Gasteiger partial charge in [-0.25, -0.2) is 15.0 Å². The van der Waals surface area contributed by atoms with Gasteiger partial charge in [0.2, 0.25) is 11.8 Å². The van der Waals surface area contributed by atoms with Crippen molar-refractivity contribution in [1.82, 2.24) is 24.4 Å². The normalized spacial score (nSPS) is 22.3. The summed E-state index contributed by atoms with van der Waals surface area (Å²) >= 11 is 3.36. The summed E-state index contributed by atoms with van der Waals surface area (Å²) in [7, 11) is 1.59. The zero-order valence-corrected chi connectivity index (χ0v) is 22.2. The molecule has 10 nitrogen and oxygen atoms in total. The second-order valence-electron chi connectivity index (χ2n) is 10.1. The van der Waals surface area contributed by atoms with Gasteiger partial charge in [0.05, 0.1) is 18.0 Å². The van der Waals surface area contributed by atoms with E-state index < -0.39 is 6.04 Å². The highest BCUT2D eigenvalue weighted by atomic mass is 79.9. The molecule has 4 aromatic rings. The molecular weight excluding hydrogens is 538 g/mol. The molecule has 2 amide bonds. The van der Waals surface area contributed by atoms with Crippen LogP contribution in [0.2, 0.25) is 0 Å². The summed E-state index contributed by atoms with van der Waals surface area (Å²) in [6, 6.07) is 8.74. The minimum Gasteiger partial charge on any atom is -0.497 e. The Morgan fingerprint density at radius 2 is 2.05 bits per heavy atom. The number of ether oxygens (including phenoxy) is 1. The first-order valence-electron chi connectivity index (χ1n) is 12.0. The topological polar surface area (TPSA) is 128 Å². The second kappa shape index (κ2) is 8.41. The number of nitrogens with one attached hydrogen (secondary N) is 1. The van der Waals surface area contributed by atoms with Crippen LogP contribution in [-0.2, 0) is 16.1 Å². The van der Waals surface area contributed by atoms with Gasteiger partial charge in [-0.3, -0.25) is 9.59 Å². The van der Waals surface area contributed by atoms with Gasteiger partial charge in [0.15, 0.2) is 0 Å². The average Bonchev–Trinajstić information content (AvgIpc) is 3.28. The first-order chi connectivity index (χ1) is 17.7. The van der Waals surface area contributed by atoms with Gasteiger partial charge in [0.1, 0.15) is 46.5 Å². The lowest BCUT2D eigenvalue weighted by atomic mass is 10.0. The summed E-state index contributed by atoms with van der Waals surface area (Å²) in [6.07, 6.45) is 2.89. The number of benzene rings is 1. The highest BCUT2D eigenvalue weighted by molar-refractivity contribution is 9.10. The summed E-state index contributed by atoms with van der Waals surface area (Å²) in [5.41, 5.74) is 8.33. The van der Waals surface area contributed by atoms with E-state index in [0.717, 1.165) is 22.9 Å². The van der Waals surface area contributed by atoms with Crippen molar-refractivity contribution in [3.8, 4) is 5.75 Å². The molecule has 0 bridgehead atoms. The van der Waals surface area contributed by atoms with Gasteiger partial charge in [-0.05, 0) is 64.9 Å². The Kier molecular flexibility index (Phi) is 5.37. The molecule has 4 heterocycles. The van der Waals surface area contributed by atoms with Crippen molar-refractivity contribution < 1.29 is 14.3 Å². The number of anilines is 2. The highest BCUT2D eigenvalue weighted by Gasteiger charge is 2.64. The smallest absolute Gasteiger partial charge is 0.248 e. The maximum Gasteiger partial charge on any atom is 0.248 e. The lowest BCUT2D eigenvalue weighted by Gasteiger charge is -2.27. The number of amides is 2. The lowest BCUT2D eigenvalue weighted by Crippen LogP contribution is -2.46. The number of nitrogens with two attached hydrogens (primary N) is 1. The van der Waals surface area contributed by atoms with Crippen molar-refractivity contribution >= 4 is 61.3 Å². The Morgan fingerprint density at radius 1 is 1.24 bits per heavy atom. The van der Waals surface area contributed by atoms with Crippen LogP contribution in [0.3, 0.4) is 0 Å². The fourth-order valence-electron chi connectivity index (χ4n) is 5.61. The number of aryl methyl sites for hydroxylation is 1. The average molecular weight is 564 g/mol. The number of likely N-dealkylation sites (tertiary alicyclic amines) is 1. The molecule has 11 heteroatoms. The van der Waals surface area contributed by atoms with Gasteiger partial charge in [-0.2, -0.15) is 0 Å². The number of carbonyl (C=O) groups is 2. The van der Waals surface area contributed by atoms with Crippen LogP contribution in [0, 0.1) is 12.3 Å². The summed E-state index contributed by atoms with van der Waals surface area (Å²) in [5, 5.41) is 4.47. The van der Waals surface area contributed by atoms with Gasteiger partial charge >= 0.3 is 0 Å². The summed E-state index contributed by atoms with van der Waals surface area (Å²) in [6.45, 7) is 4.02. The van der Waals surface area contributed by atoms with Gasteiger partial charge in [-0.1, -0.05) is 13.0 Å². The van der Waals surface area contributed by atoms with Crippen LogP contribution < -0.4 is 15.8 Å². The van der Waals surface area contributed by atoms with E-state index in [1.165, 1.54) is 6.33 Å². The maximum absolute atomic E-state index is 13.9. The molecule has 190 valence electrons. The van der Waals surface area contributed by atoms with E-state index in [0.29, 0.717) is 39.4 Å². The van der Waals surface area contributed by atoms with Gasteiger partial charge < -0.3 is 25.3 Å². The molecule has 0 spiro atoms. The number of nitrogens with zero attached hydrogens (tertiary/aromatic N) is 5. The van der Waals surface area contributed by atoms with Crippen molar-refractivity contribution in [3.63, 3.8) is 0 Å². The number of pyridine rings is 1. The number of rotatable bonds is 5. The van der Waals surface area contributed by atoms with Gasteiger partial charge in [0.25, 0.3) is 0 Å². The van der Waals surface area contributed by atoms with Crippen LogP contribution in [0.15, 0.2) is 41.3 Å². The SMILES string of the molecule is COc1ccc2c3c(N)ncnc3n(CC(=O)N3[C@H](C(=O)Nc4nc(Br)ccc4C)C[C@@]4(C)C[C@@H]34)c2c1. The zero-order chi connectivity index (χ0) is 26.1. The van der Waals surface area contributed by atoms with Crippen molar-refractivity contribution in [2.24, 2.45) is 5.41 Å². The molecule has 0 unspecified atom stereocenters. The summed E-state index contributed by atoms with van der Waals surface area (Å²) in [5.74, 6) is 1.10. The minimum absolute atomic E-state index is 0.00808. The Hall–Kier alpha value is -3.73. The van der Waals surface area contributed by atoms with E-state index in [1.807, 2.05) is 41.8 Å². The predicted octanol–water partition coefficient (Wildman–Crippen LogP) is 3.66. The van der Waals surface area contributed by atoms with Crippen LogP contribution in [-0.4, -0.2) is 55.4 Å². The van der Waals surface area contributed by atoms with E-state index in [1.54, 1.807) is 12.0 Å². The number of hydrogen-bond donors (Lipinski definition) is 2. The predicted molar refractivity (Wildman–Crippen MR) is 143 cm³/mol. The monoisotopic (exact) mass is 563 g/mol. The van der Waals surface area contributed by atoms with E-state index in [2.05, 4.69) is 43.1 Å². The Morgan fingerprint density at radius 3 is 2.84 bits per heavy atom. The molecular formula is C26H26BrN7O3. The molecule has 3 aromatic heterocycles. The standard InChI is InChI=1S/C26H26BrN7O3/c1-13-4-7-19(27)31-23(13)32-25(36)17-9-26(2)10-18(26)34(17)20(35)11-33-16-8-14(37-3)5-6-15(16)21-22(28)29-12-30-24(21)33/h4-8,12,17-18H,9-11H2,1-3H3,(H2,28,29,30)(H,31,32,36)/t17-,18+,26-/m0/s1. The van der Waals surface area contributed by atoms with E-state index in [9.17, 15) is 9.59 Å². The number of carbonyl (C=O) groups excluding carboxylic acids is 2. The molecule has 1 saturated carbocycles. The van der Waals surface area contributed by atoms with Crippen molar-refractivity contribution in [1.29, 1.82) is 0 Å². The molecule has 2 fully saturated rings. The quantitative estimate of drug-likeness (QED) is 0.354. The largest absolute Gasteiger partial charge is 0.497 e. The fourth-order valence-corrected chi connectivity index (χ4v) is 5.92. The van der Waals surface area contributed by atoms with Gasteiger partial charge in [-0.15, -0.1) is 0 Å². The first kappa shape index (κ1) is 23.7. The second-order valence-corrected chi connectivity index (χ2v) is 10.9. The number of aromatic nitrogens is 4. The molecule has 37 heavy (non-hydrogen) atoms. The van der Waals surface area contributed by atoms with Crippen LogP contribution >= 0.6 is 15.9 Å². The highest BCUT2D eigenvalue weighted by Crippen LogP contribution is 2.59. The Labute approximate surface area is 221 Å². The number of hydrogen-bond acceptors (Lipinski definition) is 7. The molecule has 1 aromatic carbocycles. The van der Waals surface area contributed by atoms with Crippen molar-refractivity contribution in [3.05, 3.63) is 46.8 Å². The fraction of sp³-hybridized carbons (Fsp3) is 0.346. The van der Waals surface area contributed by atoms with Crippen LogP contribution in [0.4, 0.5) is 11.6 Å². The van der Waals surface area contributed by atoms with Crippen LogP contribution in [0.1, 0.15) is 25.3 Å². The Bertz CT molecular complexity index is 1600. The third-order valence-corrected chi connectivity index (χ3v) is 8.14. The molecule has 1 saturated heterocycles. The number of halogens is 1. The van der Waals surface area contributed by atoms with Crippen molar-refractivity contribution in [2.45, 2.75) is 45.3 Å². The van der Waals surface area contributed by atoms with Gasteiger partial charge in [0, 0.05) is 17.5 Å². The van der Waals surface area contributed by atoms with E-state index >= 15 is 0 Å². The van der Waals surface area contributed by atoms with Crippen molar-refractivity contribution in [2.75, 3.05) is 18.2 Å². The molecule has 2 aliphatic rings. The molecule has 1 aliphatic carbocycles. The Balaban J connectivity index is 1.35. The maximum atomic E-state index is 13.9. The summed E-state index contributed by atoms with van der Waals surface area (Å²) < 4.78 is 7.89. The molecule has 3 N–H and O–H groups in total. The number of methoxy groups -OCH3 is 1. The number of nitrogen functional groups attached to an aromatic ring is 1. The molecule has 0 radical (unpaired) electrons. The first-order valence-corrected chi connectivity index (χ1v) is 12.8. The molecule has 3 atom stereocenters. The summed E-state index contributed by atoms with van der Waals surface area (Å²) in [4.78, 5) is 42.1. The van der Waals surface area contributed by atoms with E-state index in [4.69, 9.17) is 10.5 Å². The van der Waals surface area contributed by atoms with Crippen LogP contribution in [0.5, 0.6) is 5.75 Å². The third-order valence-electron chi connectivity index (χ3n) is 7.70. The number of fused-ring (bicyclic) bond motifs is 4. The molecule has 6 rings (SSSR count). The lowest BCUT2D eigenvalue weighted by molar-refractivity contribution is -0.138.